The Morgan fingerprint density at radius 3 is 1.50 bits per heavy atom. The molecule has 2 aromatic carbocycles. The van der Waals surface area contributed by atoms with Crippen LogP contribution >= 0.6 is 0 Å². The summed E-state index contributed by atoms with van der Waals surface area (Å²) < 4.78 is 0. The van der Waals surface area contributed by atoms with Crippen LogP contribution in [0.1, 0.15) is 34.1 Å². The fraction of sp³-hybridized carbons (Fsp3) is 0.111. The van der Waals surface area contributed by atoms with E-state index in [1.807, 2.05) is 0 Å². The van der Waals surface area contributed by atoms with E-state index >= 15 is 0 Å². The van der Waals surface area contributed by atoms with E-state index in [0.717, 1.165) is 0 Å². The second-order valence-corrected chi connectivity index (χ2v) is 5.03. The van der Waals surface area contributed by atoms with Crippen LogP contribution in [0.3, 0.4) is 0 Å². The molecule has 0 saturated heterocycles. The van der Waals surface area contributed by atoms with E-state index in [4.69, 9.17) is 0 Å². The SMILES string of the molecule is C1=C[C@@H]([C@@H]2C=Cc3ccccc32)c2ccccc21. The van der Waals surface area contributed by atoms with E-state index in [0.29, 0.717) is 11.8 Å². The third-order valence-electron chi connectivity index (χ3n) is 4.06. The molecule has 0 heterocycles. The Labute approximate surface area is 107 Å². The largest absolute Gasteiger partial charge is 0.0755 e. The number of benzene rings is 2. The second-order valence-electron chi connectivity index (χ2n) is 5.03. The maximum absolute atomic E-state index is 2.35. The van der Waals surface area contributed by atoms with Crippen molar-refractivity contribution >= 4 is 12.2 Å². The highest BCUT2D eigenvalue weighted by Gasteiger charge is 2.28. The minimum absolute atomic E-state index is 0.501. The Morgan fingerprint density at radius 2 is 1.00 bits per heavy atom. The van der Waals surface area contributed by atoms with Gasteiger partial charge in [0.25, 0.3) is 0 Å². The molecule has 0 aromatic heterocycles. The summed E-state index contributed by atoms with van der Waals surface area (Å²) in [6.45, 7) is 0. The van der Waals surface area contributed by atoms with Gasteiger partial charge in [-0.3, -0.25) is 0 Å². The molecule has 0 heteroatoms. The van der Waals surface area contributed by atoms with Crippen LogP contribution in [0.4, 0.5) is 0 Å². The molecule has 2 aliphatic carbocycles. The van der Waals surface area contributed by atoms with Crippen molar-refractivity contribution in [3.8, 4) is 0 Å². The van der Waals surface area contributed by atoms with Gasteiger partial charge in [-0.15, -0.1) is 0 Å². The van der Waals surface area contributed by atoms with Gasteiger partial charge in [0, 0.05) is 11.8 Å². The van der Waals surface area contributed by atoms with E-state index in [-0.39, 0.29) is 0 Å². The summed E-state index contributed by atoms with van der Waals surface area (Å²) in [4.78, 5) is 0. The predicted octanol–water partition coefficient (Wildman–Crippen LogP) is 4.61. The first-order chi connectivity index (χ1) is 8.93. The maximum Gasteiger partial charge on any atom is 0.0131 e. The summed E-state index contributed by atoms with van der Waals surface area (Å²) in [5, 5.41) is 0. The summed E-state index contributed by atoms with van der Waals surface area (Å²) >= 11 is 0. The Kier molecular flexibility index (Phi) is 2.04. The zero-order valence-electron chi connectivity index (χ0n) is 10.1. The van der Waals surface area contributed by atoms with Crippen LogP contribution in [0, 0.1) is 0 Å². The molecule has 2 aliphatic rings. The maximum atomic E-state index is 2.35. The average molecular weight is 230 g/mol. The van der Waals surface area contributed by atoms with Gasteiger partial charge in [-0.1, -0.05) is 72.8 Å². The van der Waals surface area contributed by atoms with Crippen molar-refractivity contribution in [3.63, 3.8) is 0 Å². The monoisotopic (exact) mass is 230 g/mol. The van der Waals surface area contributed by atoms with Gasteiger partial charge in [0.05, 0.1) is 0 Å². The molecule has 0 radical (unpaired) electrons. The summed E-state index contributed by atoms with van der Waals surface area (Å²) in [7, 11) is 0. The van der Waals surface area contributed by atoms with Crippen LogP contribution < -0.4 is 0 Å². The lowest BCUT2D eigenvalue weighted by molar-refractivity contribution is 0.759. The van der Waals surface area contributed by atoms with Crippen LogP contribution in [0.25, 0.3) is 12.2 Å². The number of fused-ring (bicyclic) bond motifs is 2. The molecule has 86 valence electrons. The van der Waals surface area contributed by atoms with Crippen LogP contribution in [-0.2, 0) is 0 Å². The van der Waals surface area contributed by atoms with Gasteiger partial charge in [0.1, 0.15) is 0 Å². The molecule has 0 saturated carbocycles. The van der Waals surface area contributed by atoms with Gasteiger partial charge < -0.3 is 0 Å². The predicted molar refractivity (Wildman–Crippen MR) is 76.4 cm³/mol. The Morgan fingerprint density at radius 1 is 0.556 bits per heavy atom. The average Bonchev–Trinajstić information content (AvgIpc) is 3.01. The zero-order valence-corrected chi connectivity index (χ0v) is 10.1. The first kappa shape index (κ1) is 9.90. The molecule has 18 heavy (non-hydrogen) atoms. The van der Waals surface area contributed by atoms with Gasteiger partial charge in [0.2, 0.25) is 0 Å². The van der Waals surface area contributed by atoms with Crippen molar-refractivity contribution in [1.29, 1.82) is 0 Å². The lowest BCUT2D eigenvalue weighted by atomic mass is 9.84. The van der Waals surface area contributed by atoms with Crippen LogP contribution in [0.2, 0.25) is 0 Å². The molecule has 2 aromatic rings. The quantitative estimate of drug-likeness (QED) is 0.671. The van der Waals surface area contributed by atoms with Gasteiger partial charge in [0.15, 0.2) is 0 Å². The lowest BCUT2D eigenvalue weighted by Crippen LogP contribution is -2.04. The molecule has 0 unspecified atom stereocenters. The standard InChI is InChI=1S/C18H14/c1-3-7-15-13(5-1)9-11-17(15)18-12-10-14-6-2-4-8-16(14)18/h1-12,17-18H/t17-,18-/m1/s1. The van der Waals surface area contributed by atoms with Crippen molar-refractivity contribution in [3.05, 3.63) is 82.9 Å². The third-order valence-corrected chi connectivity index (χ3v) is 4.06. The minimum Gasteiger partial charge on any atom is -0.0755 e. The molecule has 0 aliphatic heterocycles. The van der Waals surface area contributed by atoms with Gasteiger partial charge in [-0.05, 0) is 22.3 Å². The molecule has 2 atom stereocenters. The van der Waals surface area contributed by atoms with Crippen molar-refractivity contribution in [1.82, 2.24) is 0 Å². The third kappa shape index (κ3) is 1.32. The van der Waals surface area contributed by atoms with Crippen LogP contribution in [0.5, 0.6) is 0 Å². The number of allylic oxidation sites excluding steroid dienone is 2. The molecule has 4 rings (SSSR count). The lowest BCUT2D eigenvalue weighted by Gasteiger charge is -2.19. The van der Waals surface area contributed by atoms with Crippen molar-refractivity contribution in [2.45, 2.75) is 11.8 Å². The number of hydrogen-bond donors (Lipinski definition) is 0. The molecule has 0 spiro atoms. The van der Waals surface area contributed by atoms with Crippen molar-refractivity contribution < 1.29 is 0 Å². The van der Waals surface area contributed by atoms with Crippen LogP contribution in [0.15, 0.2) is 60.7 Å². The highest BCUT2D eigenvalue weighted by Crippen LogP contribution is 2.45. The second kappa shape index (κ2) is 3.71. The van der Waals surface area contributed by atoms with E-state index in [9.17, 15) is 0 Å². The molecular formula is C18H14. The van der Waals surface area contributed by atoms with Gasteiger partial charge >= 0.3 is 0 Å². The fourth-order valence-corrected chi connectivity index (χ4v) is 3.18. The zero-order chi connectivity index (χ0) is 11.9. The molecule has 0 fully saturated rings. The smallest absolute Gasteiger partial charge is 0.0131 e. The molecular weight excluding hydrogens is 216 g/mol. The molecule has 0 bridgehead atoms. The minimum atomic E-state index is 0.501. The highest BCUT2D eigenvalue weighted by molar-refractivity contribution is 5.68. The summed E-state index contributed by atoms with van der Waals surface area (Å²) in [5.74, 6) is 1.00. The van der Waals surface area contributed by atoms with E-state index < -0.39 is 0 Å². The van der Waals surface area contributed by atoms with E-state index in [1.54, 1.807) is 0 Å². The summed E-state index contributed by atoms with van der Waals surface area (Å²) in [5.41, 5.74) is 5.67. The van der Waals surface area contributed by atoms with Gasteiger partial charge in [-0.25, -0.2) is 0 Å². The Balaban J connectivity index is 1.80. The van der Waals surface area contributed by atoms with Crippen LogP contribution in [-0.4, -0.2) is 0 Å². The first-order valence-corrected chi connectivity index (χ1v) is 6.48. The first-order valence-electron chi connectivity index (χ1n) is 6.48. The van der Waals surface area contributed by atoms with E-state index in [2.05, 4.69) is 72.8 Å². The molecule has 0 nitrogen and oxygen atoms in total. The van der Waals surface area contributed by atoms with E-state index in [1.165, 1.54) is 22.3 Å². The topological polar surface area (TPSA) is 0 Å². The summed E-state index contributed by atoms with van der Waals surface area (Å²) in [6, 6.07) is 17.4. The molecule has 0 N–H and O–H groups in total. The highest BCUT2D eigenvalue weighted by atomic mass is 14.3. The van der Waals surface area contributed by atoms with Crippen molar-refractivity contribution in [2.75, 3.05) is 0 Å². The van der Waals surface area contributed by atoms with Gasteiger partial charge in [-0.2, -0.15) is 0 Å². The normalized spacial score (nSPS) is 23.1. The van der Waals surface area contributed by atoms with Crippen molar-refractivity contribution in [2.24, 2.45) is 0 Å². The Hall–Kier alpha value is -2.08. The Bertz CT molecular complexity index is 602. The fourth-order valence-electron chi connectivity index (χ4n) is 3.18. The molecule has 0 amide bonds. The summed E-state index contributed by atoms with van der Waals surface area (Å²) in [6.07, 6.45) is 9.22. The number of rotatable bonds is 1. The number of hydrogen-bond acceptors (Lipinski definition) is 0.